The molecule has 4 aromatic carbocycles. The molecule has 2 nitrogen and oxygen atoms in total. The SMILES string of the molecule is C[O-].C[O-].Cc1[c-]c2c(cc1C)-c1ccccc1C2.[SiH2]=[Ti+2].[c-]1cccc2c1Cc1ccccc1-2. The topological polar surface area (TPSA) is 46.1 Å². The zero-order valence-corrected chi connectivity index (χ0v) is 23.3. The minimum absolute atomic E-state index is 0.750. The fourth-order valence-electron chi connectivity index (χ4n) is 4.31. The predicted octanol–water partition coefficient (Wildman–Crippen LogP) is 3.77. The van der Waals surface area contributed by atoms with Crippen molar-refractivity contribution in [2.75, 3.05) is 14.2 Å². The van der Waals surface area contributed by atoms with E-state index in [9.17, 15) is 0 Å². The van der Waals surface area contributed by atoms with Gasteiger partial charge in [0.25, 0.3) is 0 Å². The molecular weight excluding hydrogens is 468 g/mol. The Hall–Kier alpha value is -2.27. The second kappa shape index (κ2) is 14.2. The van der Waals surface area contributed by atoms with Crippen LogP contribution in [0.25, 0.3) is 22.3 Å². The van der Waals surface area contributed by atoms with Crippen LogP contribution in [0.4, 0.5) is 0 Å². The van der Waals surface area contributed by atoms with Crippen LogP contribution in [0.5, 0.6) is 0 Å². The maximum atomic E-state index is 8.25. The smallest absolute Gasteiger partial charge is 0.0253 e. The van der Waals surface area contributed by atoms with E-state index in [1.165, 1.54) is 55.6 Å². The minimum atomic E-state index is 0.750. The van der Waals surface area contributed by atoms with E-state index in [-0.39, 0.29) is 0 Å². The van der Waals surface area contributed by atoms with E-state index in [4.69, 9.17) is 10.2 Å². The number of hydrogen-bond donors (Lipinski definition) is 0. The normalized spacial score (nSPS) is 10.7. The Balaban J connectivity index is 0.000000199. The largest absolute Gasteiger partial charge is 0.179 e. The van der Waals surface area contributed by atoms with Gasteiger partial charge in [0, 0.05) is 0 Å². The maximum absolute atomic E-state index is 8.25. The monoisotopic (exact) mass is 498 g/mol. The summed E-state index contributed by atoms with van der Waals surface area (Å²) in [7, 11) is 3.36. The molecule has 0 unspecified atom stereocenters. The Kier molecular flexibility index (Phi) is 11.7. The van der Waals surface area contributed by atoms with Gasteiger partial charge < -0.3 is 10.2 Å². The molecule has 0 aliphatic heterocycles. The second-order valence-electron chi connectivity index (χ2n) is 7.70. The van der Waals surface area contributed by atoms with Crippen molar-refractivity contribution < 1.29 is 29.4 Å². The van der Waals surface area contributed by atoms with Gasteiger partial charge in [-0.1, -0.05) is 84.6 Å². The van der Waals surface area contributed by atoms with Crippen LogP contribution in [0, 0.1) is 26.0 Å². The van der Waals surface area contributed by atoms with Crippen molar-refractivity contribution in [3.8, 4) is 22.3 Å². The quantitative estimate of drug-likeness (QED) is 0.237. The number of benzene rings is 4. The molecule has 0 spiro atoms. The molecule has 0 radical (unpaired) electrons. The number of hydrogen-bond acceptors (Lipinski definition) is 2. The van der Waals surface area contributed by atoms with Crippen molar-refractivity contribution in [3.63, 3.8) is 0 Å². The van der Waals surface area contributed by atoms with Gasteiger partial charge in [-0.25, -0.2) is 0 Å². The van der Waals surface area contributed by atoms with Crippen molar-refractivity contribution in [1.29, 1.82) is 0 Å². The first-order valence-corrected chi connectivity index (χ1v) is 15.1. The van der Waals surface area contributed by atoms with Crippen molar-refractivity contribution in [3.05, 3.63) is 118 Å². The van der Waals surface area contributed by atoms with E-state index in [2.05, 4.69) is 92.7 Å². The first-order valence-electron chi connectivity index (χ1n) is 11.1. The van der Waals surface area contributed by atoms with E-state index in [0.29, 0.717) is 0 Å². The van der Waals surface area contributed by atoms with Crippen LogP contribution in [0.15, 0.2) is 72.8 Å². The zero-order valence-electron chi connectivity index (χ0n) is 20.4. The van der Waals surface area contributed by atoms with Gasteiger partial charge in [-0.2, -0.15) is 67.3 Å². The summed E-state index contributed by atoms with van der Waals surface area (Å²) in [4.78, 5) is 0. The van der Waals surface area contributed by atoms with E-state index in [1.54, 1.807) is 0 Å². The summed E-state index contributed by atoms with van der Waals surface area (Å²) < 4.78 is 0. The average Bonchev–Trinajstić information content (AvgIpc) is 3.46. The van der Waals surface area contributed by atoms with Crippen molar-refractivity contribution >= 4 is 7.63 Å². The molecule has 2 aliphatic rings. The fraction of sp³-hybridized carbons (Fsp3) is 0.200. The van der Waals surface area contributed by atoms with Gasteiger partial charge in [0.1, 0.15) is 0 Å². The van der Waals surface area contributed by atoms with E-state index < -0.39 is 0 Å². The van der Waals surface area contributed by atoms with E-state index in [1.807, 2.05) is 32.9 Å². The van der Waals surface area contributed by atoms with Crippen molar-refractivity contribution in [1.82, 2.24) is 0 Å². The Morgan fingerprint density at radius 3 is 1.79 bits per heavy atom. The van der Waals surface area contributed by atoms with Crippen LogP contribution in [-0.2, 0) is 32.0 Å². The molecule has 2 aliphatic carbocycles. The standard InChI is InChI=1S/C15H13.C13H9.2CH3O.H2Si.Ti/c1-10-7-13-9-12-5-3-4-6-14(12)15(13)8-11(10)2;1-3-7-12-10(5-1)9-11-6-2-4-8-13(11)12;2*1-2;;/h3-6,8H,9H2,1-2H3;1-5,7-8H,9H2;2*1H3;1H2;/q4*-1;;+2. The van der Waals surface area contributed by atoms with Crippen LogP contribution in [0.3, 0.4) is 0 Å². The van der Waals surface area contributed by atoms with Gasteiger partial charge in [-0.3, -0.25) is 0 Å². The van der Waals surface area contributed by atoms with Gasteiger partial charge in [-0.05, 0) is 12.8 Å². The molecule has 0 fully saturated rings. The zero-order chi connectivity index (χ0) is 25.1. The Morgan fingerprint density at radius 2 is 1.18 bits per heavy atom. The van der Waals surface area contributed by atoms with Gasteiger partial charge in [0.05, 0.1) is 0 Å². The van der Waals surface area contributed by atoms with Gasteiger partial charge in [0.15, 0.2) is 0 Å². The molecule has 0 aromatic heterocycles. The molecule has 172 valence electrons. The minimum Gasteiger partial charge on any atom is -0.179 e. The number of fused-ring (bicyclic) bond motifs is 6. The van der Waals surface area contributed by atoms with Crippen LogP contribution < -0.4 is 10.2 Å². The van der Waals surface area contributed by atoms with E-state index >= 15 is 0 Å². The molecule has 0 saturated carbocycles. The molecule has 0 N–H and O–H groups in total. The summed E-state index contributed by atoms with van der Waals surface area (Å²) >= 11 is 2.03. The fourth-order valence-corrected chi connectivity index (χ4v) is 4.31. The number of aryl methyl sites for hydroxylation is 2. The van der Waals surface area contributed by atoms with Crippen LogP contribution in [-0.4, -0.2) is 21.9 Å². The molecule has 4 heteroatoms. The Bertz CT molecular complexity index is 1180. The molecule has 4 aromatic rings. The summed E-state index contributed by atoms with van der Waals surface area (Å²) in [6.45, 7) is 4.30. The Labute approximate surface area is 217 Å². The van der Waals surface area contributed by atoms with Gasteiger partial charge in [0.2, 0.25) is 0 Å². The maximum Gasteiger partial charge on any atom is -0.0253 e. The first kappa shape index (κ1) is 28.0. The van der Waals surface area contributed by atoms with E-state index in [0.717, 1.165) is 27.1 Å². The predicted molar refractivity (Wildman–Crippen MR) is 137 cm³/mol. The molecule has 34 heavy (non-hydrogen) atoms. The van der Waals surface area contributed by atoms with Crippen LogP contribution in [0.2, 0.25) is 0 Å². The number of rotatable bonds is 0. The average molecular weight is 499 g/mol. The Morgan fingerprint density at radius 1 is 0.676 bits per heavy atom. The third-order valence-corrected chi connectivity index (χ3v) is 5.91. The molecule has 0 bridgehead atoms. The molecular formula is C30H30O2SiTi-2. The summed E-state index contributed by atoms with van der Waals surface area (Å²) in [5, 5.41) is 16.5. The van der Waals surface area contributed by atoms with Crippen LogP contribution in [0.1, 0.15) is 33.4 Å². The van der Waals surface area contributed by atoms with Crippen molar-refractivity contribution in [2.45, 2.75) is 26.7 Å². The first-order chi connectivity index (χ1) is 16.7. The van der Waals surface area contributed by atoms with Crippen molar-refractivity contribution in [2.24, 2.45) is 0 Å². The van der Waals surface area contributed by atoms with Crippen LogP contribution >= 0.6 is 0 Å². The summed E-state index contributed by atoms with van der Waals surface area (Å²) in [5.41, 5.74) is 13.7. The van der Waals surface area contributed by atoms with Gasteiger partial charge >= 0.3 is 26.8 Å². The third-order valence-electron chi connectivity index (χ3n) is 5.91. The second-order valence-corrected chi connectivity index (χ2v) is 7.70. The van der Waals surface area contributed by atoms with Gasteiger partial charge in [-0.15, -0.1) is 16.7 Å². The molecule has 0 atom stereocenters. The molecule has 6 rings (SSSR count). The molecule has 0 amide bonds. The summed E-state index contributed by atoms with van der Waals surface area (Å²) in [5.74, 6) is 0. The summed E-state index contributed by atoms with van der Waals surface area (Å²) in [6, 6.07) is 32.6. The molecule has 0 saturated heterocycles. The summed E-state index contributed by atoms with van der Waals surface area (Å²) in [6.07, 6.45) is 2.10. The molecule has 0 heterocycles. The third kappa shape index (κ3) is 6.24.